The number of nitrogens with two attached hydrogens (primary N) is 1. The van der Waals surface area contributed by atoms with Gasteiger partial charge in [-0.2, -0.15) is 0 Å². The van der Waals surface area contributed by atoms with E-state index in [0.29, 0.717) is 10.6 Å². The Morgan fingerprint density at radius 1 is 1.50 bits per heavy atom. The van der Waals surface area contributed by atoms with Gasteiger partial charge in [-0.1, -0.05) is 13.3 Å². The highest BCUT2D eigenvalue weighted by molar-refractivity contribution is 7.85. The van der Waals surface area contributed by atoms with Gasteiger partial charge in [0.25, 0.3) is 0 Å². The van der Waals surface area contributed by atoms with Gasteiger partial charge in [0.05, 0.1) is 21.4 Å². The summed E-state index contributed by atoms with van der Waals surface area (Å²) in [5.41, 5.74) is 5.84. The van der Waals surface area contributed by atoms with Crippen LogP contribution in [0.4, 0.5) is 10.1 Å². The summed E-state index contributed by atoms with van der Waals surface area (Å²) in [6.45, 7) is 2.03. The number of hydrogen-bond acceptors (Lipinski definition) is 2. The van der Waals surface area contributed by atoms with E-state index in [2.05, 4.69) is 0 Å². The number of unbranched alkanes of at least 4 members (excludes halogenated alkanes) is 1. The van der Waals surface area contributed by atoms with E-state index in [1.165, 1.54) is 18.2 Å². The van der Waals surface area contributed by atoms with Gasteiger partial charge in [0.2, 0.25) is 0 Å². The van der Waals surface area contributed by atoms with Crippen molar-refractivity contribution in [2.24, 2.45) is 0 Å². The first kappa shape index (κ1) is 11.2. The van der Waals surface area contributed by atoms with Crippen molar-refractivity contribution in [3.05, 3.63) is 24.0 Å². The highest BCUT2D eigenvalue weighted by Gasteiger charge is 2.07. The van der Waals surface area contributed by atoms with Gasteiger partial charge in [-0.3, -0.25) is 4.21 Å². The largest absolute Gasteiger partial charge is 0.398 e. The van der Waals surface area contributed by atoms with Crippen LogP contribution in [-0.4, -0.2) is 9.96 Å². The van der Waals surface area contributed by atoms with Gasteiger partial charge < -0.3 is 5.73 Å². The fraction of sp³-hybridized carbons (Fsp3) is 0.400. The van der Waals surface area contributed by atoms with Crippen LogP contribution in [0.5, 0.6) is 0 Å². The van der Waals surface area contributed by atoms with Gasteiger partial charge in [0.15, 0.2) is 0 Å². The summed E-state index contributed by atoms with van der Waals surface area (Å²) in [4.78, 5) is 0.542. The first-order valence-electron chi connectivity index (χ1n) is 4.58. The van der Waals surface area contributed by atoms with Crippen LogP contribution in [0, 0.1) is 5.82 Å². The molecule has 2 N–H and O–H groups in total. The van der Waals surface area contributed by atoms with Crippen LogP contribution in [0.25, 0.3) is 0 Å². The van der Waals surface area contributed by atoms with E-state index in [1.54, 1.807) is 0 Å². The molecule has 1 unspecified atom stereocenters. The van der Waals surface area contributed by atoms with Gasteiger partial charge in [0.1, 0.15) is 5.82 Å². The molecule has 0 spiro atoms. The lowest BCUT2D eigenvalue weighted by atomic mass is 10.3. The van der Waals surface area contributed by atoms with Crippen molar-refractivity contribution < 1.29 is 8.60 Å². The summed E-state index contributed by atoms with van der Waals surface area (Å²) in [6, 6.07) is 3.99. The van der Waals surface area contributed by atoms with Crippen LogP contribution in [0.2, 0.25) is 0 Å². The molecule has 1 aromatic carbocycles. The molecular weight excluding hydrogens is 201 g/mol. The van der Waals surface area contributed by atoms with Crippen LogP contribution in [0.15, 0.2) is 23.1 Å². The van der Waals surface area contributed by atoms with E-state index in [-0.39, 0.29) is 5.69 Å². The second-order valence-corrected chi connectivity index (χ2v) is 4.62. The Kier molecular flexibility index (Phi) is 4.07. The van der Waals surface area contributed by atoms with Crippen molar-refractivity contribution in [2.75, 3.05) is 11.5 Å². The fourth-order valence-electron chi connectivity index (χ4n) is 1.11. The molecule has 0 saturated carbocycles. The van der Waals surface area contributed by atoms with E-state index in [0.717, 1.165) is 12.8 Å². The lowest BCUT2D eigenvalue weighted by molar-refractivity contribution is 0.627. The molecule has 0 fully saturated rings. The van der Waals surface area contributed by atoms with E-state index in [4.69, 9.17) is 5.73 Å². The maximum Gasteiger partial charge on any atom is 0.125 e. The van der Waals surface area contributed by atoms with Crippen molar-refractivity contribution in [3.63, 3.8) is 0 Å². The molecule has 0 saturated heterocycles. The molecular formula is C10H14FNOS. The first-order valence-corrected chi connectivity index (χ1v) is 5.90. The molecule has 0 aliphatic heterocycles. The van der Waals surface area contributed by atoms with Gasteiger partial charge in [-0.05, 0) is 24.6 Å². The number of anilines is 1. The highest BCUT2D eigenvalue weighted by Crippen LogP contribution is 2.18. The maximum atomic E-state index is 12.7. The number of hydrogen-bond donors (Lipinski definition) is 1. The molecule has 0 aromatic heterocycles. The minimum absolute atomic E-state index is 0.277. The van der Waals surface area contributed by atoms with Crippen LogP contribution in [-0.2, 0) is 10.8 Å². The van der Waals surface area contributed by atoms with Crippen molar-refractivity contribution in [3.8, 4) is 0 Å². The SMILES string of the molecule is CCCCS(=O)c1ccc(F)cc1N. The summed E-state index contributed by atoms with van der Waals surface area (Å²) in [5.74, 6) is 0.200. The summed E-state index contributed by atoms with van der Waals surface area (Å²) in [5, 5.41) is 0. The van der Waals surface area contributed by atoms with Crippen molar-refractivity contribution >= 4 is 16.5 Å². The zero-order chi connectivity index (χ0) is 10.6. The number of rotatable bonds is 4. The standard InChI is InChI=1S/C10H14FNOS/c1-2-3-6-14(13)10-5-4-8(11)7-9(10)12/h4-5,7H,2-3,6,12H2,1H3. The zero-order valence-corrected chi connectivity index (χ0v) is 8.94. The number of benzene rings is 1. The van der Waals surface area contributed by atoms with Gasteiger partial charge in [-0.25, -0.2) is 4.39 Å². The molecule has 1 rings (SSSR count). The van der Waals surface area contributed by atoms with E-state index in [1.807, 2.05) is 6.92 Å². The fourth-order valence-corrected chi connectivity index (χ4v) is 2.42. The molecule has 0 radical (unpaired) electrons. The van der Waals surface area contributed by atoms with Crippen LogP contribution >= 0.6 is 0 Å². The van der Waals surface area contributed by atoms with Crippen molar-refractivity contribution in [1.29, 1.82) is 0 Å². The summed E-state index contributed by atoms with van der Waals surface area (Å²) < 4.78 is 24.3. The molecule has 0 heterocycles. The van der Waals surface area contributed by atoms with Gasteiger partial charge >= 0.3 is 0 Å². The third-order valence-electron chi connectivity index (χ3n) is 1.90. The molecule has 4 heteroatoms. The molecule has 14 heavy (non-hydrogen) atoms. The minimum atomic E-state index is -1.09. The summed E-state index contributed by atoms with van der Waals surface area (Å²) >= 11 is 0. The second kappa shape index (κ2) is 5.10. The van der Waals surface area contributed by atoms with Crippen molar-refractivity contribution in [2.45, 2.75) is 24.7 Å². The molecule has 0 aliphatic carbocycles. The Labute approximate surface area is 85.8 Å². The third-order valence-corrected chi connectivity index (χ3v) is 3.42. The van der Waals surface area contributed by atoms with Gasteiger partial charge in [0, 0.05) is 5.75 Å². The molecule has 2 nitrogen and oxygen atoms in total. The van der Waals surface area contributed by atoms with Gasteiger partial charge in [-0.15, -0.1) is 0 Å². The quantitative estimate of drug-likeness (QED) is 0.783. The average molecular weight is 215 g/mol. The van der Waals surface area contributed by atoms with E-state index < -0.39 is 16.6 Å². The third kappa shape index (κ3) is 2.80. The Bertz CT molecular complexity index is 341. The number of halogens is 1. The molecule has 0 aliphatic rings. The Morgan fingerprint density at radius 3 is 2.79 bits per heavy atom. The maximum absolute atomic E-state index is 12.7. The van der Waals surface area contributed by atoms with Crippen LogP contribution < -0.4 is 5.73 Å². The first-order chi connectivity index (χ1) is 6.65. The molecule has 1 aromatic rings. The monoisotopic (exact) mass is 215 g/mol. The van der Waals surface area contributed by atoms with E-state index >= 15 is 0 Å². The Balaban J connectivity index is 2.80. The second-order valence-electron chi connectivity index (χ2n) is 3.09. The molecule has 0 bridgehead atoms. The highest BCUT2D eigenvalue weighted by atomic mass is 32.2. The predicted octanol–water partition coefficient (Wildman–Crippen LogP) is 2.32. The van der Waals surface area contributed by atoms with E-state index in [9.17, 15) is 8.60 Å². The Morgan fingerprint density at radius 2 is 2.21 bits per heavy atom. The smallest absolute Gasteiger partial charge is 0.125 e. The normalized spacial score (nSPS) is 12.7. The van der Waals surface area contributed by atoms with Crippen molar-refractivity contribution in [1.82, 2.24) is 0 Å². The molecule has 1 atom stereocenters. The summed E-state index contributed by atoms with van der Waals surface area (Å²) in [7, 11) is -1.09. The zero-order valence-electron chi connectivity index (χ0n) is 8.13. The lowest BCUT2D eigenvalue weighted by Gasteiger charge is -2.04. The molecule has 0 amide bonds. The summed E-state index contributed by atoms with van der Waals surface area (Å²) in [6.07, 6.45) is 1.89. The molecule has 78 valence electrons. The number of nitrogen functional groups attached to an aromatic ring is 1. The average Bonchev–Trinajstić information content (AvgIpc) is 2.14. The lowest BCUT2D eigenvalue weighted by Crippen LogP contribution is -2.02. The van der Waals surface area contributed by atoms with Crippen LogP contribution in [0.1, 0.15) is 19.8 Å². The van der Waals surface area contributed by atoms with Crippen LogP contribution in [0.3, 0.4) is 0 Å². The topological polar surface area (TPSA) is 43.1 Å². The minimum Gasteiger partial charge on any atom is -0.398 e. The Hall–Kier alpha value is -0.900. The predicted molar refractivity (Wildman–Crippen MR) is 57.0 cm³/mol.